The highest BCUT2D eigenvalue weighted by Gasteiger charge is 2.29. The second-order valence-corrected chi connectivity index (χ2v) is 12.2. The minimum absolute atomic E-state index is 0.0810. The van der Waals surface area contributed by atoms with Gasteiger partial charge in [-0.05, 0) is 58.9 Å². The van der Waals surface area contributed by atoms with Gasteiger partial charge in [0.2, 0.25) is 5.91 Å². The van der Waals surface area contributed by atoms with Gasteiger partial charge in [-0.2, -0.15) is 0 Å². The van der Waals surface area contributed by atoms with Crippen LogP contribution in [0.4, 0.5) is 0 Å². The number of amides is 1. The summed E-state index contributed by atoms with van der Waals surface area (Å²) in [5.74, 6) is 2.01. The maximum absolute atomic E-state index is 13.0. The summed E-state index contributed by atoms with van der Waals surface area (Å²) < 4.78 is 5.85. The predicted molar refractivity (Wildman–Crippen MR) is 136 cm³/mol. The number of thioether (sulfide) groups is 1. The van der Waals surface area contributed by atoms with Crippen LogP contribution in [0.2, 0.25) is 0 Å². The third-order valence-corrected chi connectivity index (χ3v) is 9.09. The number of rotatable bonds is 6. The fourth-order valence-corrected chi connectivity index (χ4v) is 6.92. The molecule has 3 atom stereocenters. The number of thiophene rings is 1. The fraction of sp³-hybridized carbons (Fsp3) is 0.708. The summed E-state index contributed by atoms with van der Waals surface area (Å²) in [6.07, 6.45) is 2.72. The van der Waals surface area contributed by atoms with Crippen LogP contribution in [0, 0.1) is 19.8 Å². The molecule has 4 rings (SSSR count). The largest absolute Gasteiger partial charge is 0.373 e. The van der Waals surface area contributed by atoms with E-state index in [1.165, 1.54) is 0 Å². The molecule has 0 aromatic carbocycles. The number of carbonyl (C=O) groups excluding carboxylic acids is 1. The molecule has 33 heavy (non-hydrogen) atoms. The van der Waals surface area contributed by atoms with Gasteiger partial charge in [0.1, 0.15) is 10.7 Å². The zero-order valence-corrected chi connectivity index (χ0v) is 22.0. The highest BCUT2D eigenvalue weighted by Crippen LogP contribution is 2.27. The number of aromatic nitrogens is 2. The lowest BCUT2D eigenvalue weighted by molar-refractivity contribution is -0.131. The van der Waals surface area contributed by atoms with Gasteiger partial charge in [-0.1, -0.05) is 0 Å². The molecule has 0 aliphatic carbocycles. The van der Waals surface area contributed by atoms with Crippen molar-refractivity contribution in [1.29, 1.82) is 0 Å². The zero-order valence-electron chi connectivity index (χ0n) is 20.3. The summed E-state index contributed by atoms with van der Waals surface area (Å²) >= 11 is 3.10. The van der Waals surface area contributed by atoms with Crippen molar-refractivity contribution >= 4 is 39.2 Å². The lowest BCUT2D eigenvalue weighted by Crippen LogP contribution is -2.49. The number of nitrogens with one attached hydrogen (secondary N) is 1. The number of piperidine rings is 1. The number of fused-ring (bicyclic) bond motifs is 1. The van der Waals surface area contributed by atoms with E-state index in [2.05, 4.69) is 28.7 Å². The molecule has 2 aromatic heterocycles. The highest BCUT2D eigenvalue weighted by molar-refractivity contribution is 7.99. The quantitative estimate of drug-likeness (QED) is 0.664. The first kappa shape index (κ1) is 24.7. The first-order valence-electron chi connectivity index (χ1n) is 12.0. The van der Waals surface area contributed by atoms with Crippen LogP contribution in [0.5, 0.6) is 0 Å². The smallest absolute Gasteiger partial charge is 0.259 e. The van der Waals surface area contributed by atoms with Crippen LogP contribution in [-0.4, -0.2) is 75.9 Å². The molecule has 182 valence electrons. The topological polar surface area (TPSA) is 78.5 Å². The van der Waals surface area contributed by atoms with E-state index in [0.29, 0.717) is 35.1 Å². The van der Waals surface area contributed by atoms with E-state index < -0.39 is 0 Å². The Balaban J connectivity index is 1.26. The lowest BCUT2D eigenvalue weighted by atomic mass is 9.95. The molecule has 3 unspecified atom stereocenters. The minimum Gasteiger partial charge on any atom is -0.373 e. The van der Waals surface area contributed by atoms with E-state index >= 15 is 0 Å². The summed E-state index contributed by atoms with van der Waals surface area (Å²) in [5.41, 5.74) is 0.926. The molecule has 1 amide bonds. The van der Waals surface area contributed by atoms with Crippen LogP contribution in [0.15, 0.2) is 4.79 Å². The van der Waals surface area contributed by atoms with Crippen LogP contribution < -0.4 is 5.56 Å². The van der Waals surface area contributed by atoms with Crippen LogP contribution in [0.1, 0.15) is 49.9 Å². The average Bonchev–Trinajstić information content (AvgIpc) is 3.05. The number of aromatic amines is 1. The number of hydrogen-bond acceptors (Lipinski definition) is 7. The van der Waals surface area contributed by atoms with Gasteiger partial charge in [0.05, 0.1) is 28.6 Å². The fourth-order valence-electron chi connectivity index (χ4n) is 5.03. The van der Waals surface area contributed by atoms with Crippen molar-refractivity contribution in [3.05, 3.63) is 26.6 Å². The predicted octanol–water partition coefficient (Wildman–Crippen LogP) is 3.57. The van der Waals surface area contributed by atoms with Crippen molar-refractivity contribution in [2.24, 2.45) is 5.92 Å². The van der Waals surface area contributed by atoms with Crippen LogP contribution in [0.3, 0.4) is 0 Å². The lowest BCUT2D eigenvalue weighted by Gasteiger charge is -2.39. The summed E-state index contributed by atoms with van der Waals surface area (Å²) in [6, 6.07) is 0. The van der Waals surface area contributed by atoms with Gasteiger partial charge in [0.25, 0.3) is 5.56 Å². The third-order valence-electron chi connectivity index (χ3n) is 6.84. The van der Waals surface area contributed by atoms with E-state index in [0.717, 1.165) is 60.8 Å². The maximum Gasteiger partial charge on any atom is 0.259 e. The number of ether oxygens (including phenoxy) is 1. The molecule has 0 radical (unpaired) electrons. The molecule has 1 N–H and O–H groups in total. The molecule has 2 aliphatic rings. The van der Waals surface area contributed by atoms with Crippen LogP contribution >= 0.6 is 23.1 Å². The second-order valence-electron chi connectivity index (χ2n) is 9.67. The normalized spacial score (nSPS) is 23.8. The van der Waals surface area contributed by atoms with Crippen molar-refractivity contribution in [2.45, 2.75) is 70.7 Å². The van der Waals surface area contributed by atoms with Crippen LogP contribution in [-0.2, 0) is 15.3 Å². The molecular formula is C24H36N4O3S2. The van der Waals surface area contributed by atoms with Crippen molar-refractivity contribution in [3.8, 4) is 0 Å². The molecular weight excluding hydrogens is 456 g/mol. The Bertz CT molecular complexity index is 1030. The third kappa shape index (κ3) is 5.81. The summed E-state index contributed by atoms with van der Waals surface area (Å²) in [5, 5.41) is 0.537. The molecule has 2 aromatic rings. The van der Waals surface area contributed by atoms with Crippen molar-refractivity contribution < 1.29 is 9.53 Å². The van der Waals surface area contributed by atoms with E-state index in [9.17, 15) is 9.59 Å². The second kappa shape index (κ2) is 10.5. The van der Waals surface area contributed by atoms with Crippen molar-refractivity contribution in [3.63, 3.8) is 0 Å². The molecule has 9 heteroatoms. The zero-order chi connectivity index (χ0) is 23.7. The minimum atomic E-state index is -0.157. The van der Waals surface area contributed by atoms with Gasteiger partial charge >= 0.3 is 0 Å². The standard InChI is InChI=1S/C24H36N4O3S2/c1-14-10-27(11-15(2)31-14)12-19-6-8-28(9-7-19)24(30)18(5)32-13-20-25-22(29)21-16(3)17(4)33-23(21)26-20/h14-15,18-19H,6-13H2,1-5H3,(H,25,26,29). The number of nitrogens with zero attached hydrogens (tertiary/aromatic N) is 3. The molecule has 4 heterocycles. The van der Waals surface area contributed by atoms with Crippen LogP contribution in [0.25, 0.3) is 10.2 Å². The SMILES string of the molecule is Cc1sc2nc(CSC(C)C(=O)N3CCC(CN4CC(C)OC(C)C4)CC3)[nH]c(=O)c2c1C. The Labute approximate surface area is 204 Å². The van der Waals surface area contributed by atoms with Crippen molar-refractivity contribution in [1.82, 2.24) is 19.8 Å². The Hall–Kier alpha value is -1.42. The summed E-state index contributed by atoms with van der Waals surface area (Å²) in [6.45, 7) is 15.0. The molecule has 0 saturated carbocycles. The van der Waals surface area contributed by atoms with Crippen molar-refractivity contribution in [2.75, 3.05) is 32.7 Å². The Morgan fingerprint density at radius 1 is 1.24 bits per heavy atom. The van der Waals surface area contributed by atoms with Gasteiger partial charge in [-0.3, -0.25) is 14.5 Å². The van der Waals surface area contributed by atoms with E-state index in [1.54, 1.807) is 23.1 Å². The molecule has 2 saturated heterocycles. The van der Waals surface area contributed by atoms with Gasteiger partial charge < -0.3 is 14.6 Å². The van der Waals surface area contributed by atoms with E-state index in [-0.39, 0.29) is 16.7 Å². The molecule has 2 fully saturated rings. The Morgan fingerprint density at radius 2 is 1.91 bits per heavy atom. The Kier molecular flexibility index (Phi) is 7.83. The van der Waals surface area contributed by atoms with Gasteiger partial charge in [-0.15, -0.1) is 23.1 Å². The molecule has 0 bridgehead atoms. The average molecular weight is 493 g/mol. The number of aryl methyl sites for hydroxylation is 2. The van der Waals surface area contributed by atoms with E-state index in [4.69, 9.17) is 4.74 Å². The van der Waals surface area contributed by atoms with Gasteiger partial charge in [0.15, 0.2) is 0 Å². The number of carbonyl (C=O) groups is 1. The van der Waals surface area contributed by atoms with Gasteiger partial charge in [-0.25, -0.2) is 4.98 Å². The van der Waals surface area contributed by atoms with Gasteiger partial charge in [0, 0.05) is 37.6 Å². The first-order chi connectivity index (χ1) is 15.7. The number of hydrogen-bond donors (Lipinski definition) is 1. The Morgan fingerprint density at radius 3 is 2.58 bits per heavy atom. The monoisotopic (exact) mass is 492 g/mol. The number of likely N-dealkylation sites (tertiary alicyclic amines) is 1. The maximum atomic E-state index is 13.0. The molecule has 2 aliphatic heterocycles. The molecule has 0 spiro atoms. The first-order valence-corrected chi connectivity index (χ1v) is 13.8. The summed E-state index contributed by atoms with van der Waals surface area (Å²) in [7, 11) is 0. The van der Waals surface area contributed by atoms with E-state index in [1.807, 2.05) is 25.7 Å². The highest BCUT2D eigenvalue weighted by atomic mass is 32.2. The number of H-pyrrole nitrogens is 1. The summed E-state index contributed by atoms with van der Waals surface area (Å²) in [4.78, 5) is 39.5. The number of morpholine rings is 1. The molecule has 7 nitrogen and oxygen atoms in total.